The lowest BCUT2D eigenvalue weighted by Gasteiger charge is -2.21. The summed E-state index contributed by atoms with van der Waals surface area (Å²) < 4.78 is 0. The molecule has 1 atom stereocenters. The van der Waals surface area contributed by atoms with Gasteiger partial charge in [-0.3, -0.25) is 4.79 Å². The van der Waals surface area contributed by atoms with Gasteiger partial charge in [-0.05, 0) is 32.2 Å². The van der Waals surface area contributed by atoms with Gasteiger partial charge in [0.1, 0.15) is 0 Å². The lowest BCUT2D eigenvalue weighted by Crippen LogP contribution is -2.32. The first-order valence-electron chi connectivity index (χ1n) is 5.18. The molecule has 1 N–H and O–H groups in total. The first kappa shape index (κ1) is 9.54. The van der Waals surface area contributed by atoms with Crippen LogP contribution >= 0.6 is 0 Å². The third kappa shape index (κ3) is 1.62. The van der Waals surface area contributed by atoms with Gasteiger partial charge in [0.2, 0.25) is 0 Å². The van der Waals surface area contributed by atoms with Crippen molar-refractivity contribution in [2.24, 2.45) is 5.41 Å². The van der Waals surface area contributed by atoms with E-state index in [0.29, 0.717) is 5.41 Å². The minimum atomic E-state index is -0.00345. The van der Waals surface area contributed by atoms with Crippen molar-refractivity contribution in [3.8, 4) is 11.8 Å². The highest BCUT2D eigenvalue weighted by Crippen LogP contribution is 2.35. The highest BCUT2D eigenvalue weighted by molar-refractivity contribution is 5.93. The van der Waals surface area contributed by atoms with Gasteiger partial charge in [0.15, 0.2) is 0 Å². The minimum Gasteiger partial charge on any atom is -0.331 e. The molecule has 0 aromatic carbocycles. The molecule has 0 unspecified atom stereocenters. The fourth-order valence-corrected chi connectivity index (χ4v) is 2.44. The van der Waals surface area contributed by atoms with Crippen LogP contribution in [0.5, 0.6) is 0 Å². The van der Waals surface area contributed by atoms with Gasteiger partial charge in [-0.2, -0.15) is 0 Å². The monoisotopic (exact) mass is 192 g/mol. The second-order valence-electron chi connectivity index (χ2n) is 4.28. The molecule has 0 aromatic rings. The number of likely N-dealkylation sites (tertiary alicyclic amines) is 1. The summed E-state index contributed by atoms with van der Waals surface area (Å²) in [6, 6.07) is 0. The van der Waals surface area contributed by atoms with Crippen LogP contribution in [-0.4, -0.2) is 37.0 Å². The molecule has 1 spiro atoms. The van der Waals surface area contributed by atoms with E-state index in [9.17, 15) is 4.79 Å². The molecule has 1 amide bonds. The molecule has 0 saturated carbocycles. The number of nitrogens with zero attached hydrogens (tertiary/aromatic N) is 1. The molecule has 0 radical (unpaired) electrons. The Bertz CT molecular complexity index is 294. The summed E-state index contributed by atoms with van der Waals surface area (Å²) in [4.78, 5) is 13.4. The van der Waals surface area contributed by atoms with E-state index >= 15 is 0 Å². The smallest absolute Gasteiger partial charge is 0.298 e. The summed E-state index contributed by atoms with van der Waals surface area (Å²) in [7, 11) is 0. The summed E-state index contributed by atoms with van der Waals surface area (Å²) in [6.45, 7) is 5.65. The Morgan fingerprint density at radius 2 is 2.36 bits per heavy atom. The fourth-order valence-electron chi connectivity index (χ4n) is 2.44. The van der Waals surface area contributed by atoms with Crippen molar-refractivity contribution < 1.29 is 4.79 Å². The maximum absolute atomic E-state index is 11.5. The number of nitrogens with one attached hydrogen (secondary N) is 1. The van der Waals surface area contributed by atoms with Crippen molar-refractivity contribution in [2.45, 2.75) is 19.8 Å². The second-order valence-corrected chi connectivity index (χ2v) is 4.28. The summed E-state index contributed by atoms with van der Waals surface area (Å²) in [6.07, 6.45) is 2.34. The van der Waals surface area contributed by atoms with E-state index in [1.165, 1.54) is 6.42 Å². The van der Waals surface area contributed by atoms with Crippen LogP contribution in [0.15, 0.2) is 0 Å². The van der Waals surface area contributed by atoms with E-state index in [0.717, 1.165) is 32.6 Å². The van der Waals surface area contributed by atoms with Gasteiger partial charge < -0.3 is 10.2 Å². The van der Waals surface area contributed by atoms with E-state index in [1.54, 1.807) is 6.92 Å². The number of hydrogen-bond acceptors (Lipinski definition) is 2. The first-order valence-corrected chi connectivity index (χ1v) is 5.18. The average molecular weight is 192 g/mol. The number of amides is 1. The van der Waals surface area contributed by atoms with Crippen LogP contribution in [0.25, 0.3) is 0 Å². The normalized spacial score (nSPS) is 30.5. The number of hydrogen-bond donors (Lipinski definition) is 1. The summed E-state index contributed by atoms with van der Waals surface area (Å²) in [5.74, 6) is 5.27. The molecule has 2 saturated heterocycles. The Hall–Kier alpha value is -1.01. The van der Waals surface area contributed by atoms with Gasteiger partial charge in [0.05, 0.1) is 0 Å². The molecular weight excluding hydrogens is 176 g/mol. The highest BCUT2D eigenvalue weighted by atomic mass is 16.2. The van der Waals surface area contributed by atoms with Gasteiger partial charge in [-0.1, -0.05) is 5.92 Å². The zero-order valence-corrected chi connectivity index (χ0v) is 8.60. The largest absolute Gasteiger partial charge is 0.331 e. The maximum Gasteiger partial charge on any atom is 0.298 e. The van der Waals surface area contributed by atoms with E-state index in [4.69, 9.17) is 0 Å². The van der Waals surface area contributed by atoms with Crippen LogP contribution in [0.4, 0.5) is 0 Å². The zero-order valence-electron chi connectivity index (χ0n) is 8.60. The van der Waals surface area contributed by atoms with Crippen LogP contribution in [0.2, 0.25) is 0 Å². The topological polar surface area (TPSA) is 32.3 Å². The predicted molar refractivity (Wildman–Crippen MR) is 54.6 cm³/mol. The molecule has 2 heterocycles. The number of carbonyl (C=O) groups excluding carboxylic acids is 1. The lowest BCUT2D eigenvalue weighted by atomic mass is 9.87. The average Bonchev–Trinajstić information content (AvgIpc) is 2.78. The molecule has 14 heavy (non-hydrogen) atoms. The summed E-state index contributed by atoms with van der Waals surface area (Å²) in [5, 5.41) is 3.37. The molecular formula is C11H16N2O. The number of carbonyl (C=O) groups is 1. The third-order valence-electron chi connectivity index (χ3n) is 3.29. The summed E-state index contributed by atoms with van der Waals surface area (Å²) >= 11 is 0. The van der Waals surface area contributed by atoms with E-state index in [2.05, 4.69) is 17.2 Å². The van der Waals surface area contributed by atoms with Crippen molar-refractivity contribution in [1.82, 2.24) is 10.2 Å². The second kappa shape index (κ2) is 3.62. The van der Waals surface area contributed by atoms with E-state index in [1.807, 2.05) is 4.90 Å². The van der Waals surface area contributed by atoms with Crippen LogP contribution in [-0.2, 0) is 4.79 Å². The van der Waals surface area contributed by atoms with E-state index in [-0.39, 0.29) is 5.91 Å². The standard InChI is InChI=1S/C11H16N2O/c1-2-3-10(14)13-7-5-11(9-13)4-6-12-8-11/h12H,4-9H2,1H3/t11-/m0/s1. The van der Waals surface area contributed by atoms with Crippen molar-refractivity contribution in [3.05, 3.63) is 0 Å². The quantitative estimate of drug-likeness (QED) is 0.557. The van der Waals surface area contributed by atoms with Gasteiger partial charge >= 0.3 is 0 Å². The minimum absolute atomic E-state index is 0.00345. The molecule has 3 heteroatoms. The van der Waals surface area contributed by atoms with Gasteiger partial charge in [-0.25, -0.2) is 0 Å². The Balaban J connectivity index is 1.99. The Morgan fingerprint density at radius 1 is 1.50 bits per heavy atom. The molecule has 0 aromatic heterocycles. The Morgan fingerprint density at radius 3 is 3.00 bits per heavy atom. The van der Waals surface area contributed by atoms with E-state index < -0.39 is 0 Å². The Labute approximate surface area is 84.8 Å². The SMILES string of the molecule is CC#CC(=O)N1CC[C@]2(CCNC2)C1. The molecule has 2 fully saturated rings. The van der Waals surface area contributed by atoms with Crippen LogP contribution < -0.4 is 5.32 Å². The molecule has 3 nitrogen and oxygen atoms in total. The Kier molecular flexibility index (Phi) is 2.47. The molecule has 0 aliphatic carbocycles. The van der Waals surface area contributed by atoms with Crippen molar-refractivity contribution >= 4 is 5.91 Å². The number of rotatable bonds is 0. The third-order valence-corrected chi connectivity index (χ3v) is 3.29. The highest BCUT2D eigenvalue weighted by Gasteiger charge is 2.41. The molecule has 0 bridgehead atoms. The zero-order chi connectivity index (χ0) is 10.0. The molecule has 2 rings (SSSR count). The molecule has 2 aliphatic rings. The van der Waals surface area contributed by atoms with Gasteiger partial charge in [0.25, 0.3) is 5.91 Å². The van der Waals surface area contributed by atoms with Gasteiger partial charge in [-0.15, -0.1) is 0 Å². The molecule has 2 aliphatic heterocycles. The predicted octanol–water partition coefficient (Wildman–Crippen LogP) is 0.222. The van der Waals surface area contributed by atoms with Gasteiger partial charge in [0, 0.05) is 25.0 Å². The lowest BCUT2D eigenvalue weighted by molar-refractivity contribution is -0.124. The van der Waals surface area contributed by atoms with Crippen LogP contribution in [0, 0.1) is 17.3 Å². The van der Waals surface area contributed by atoms with Crippen molar-refractivity contribution in [1.29, 1.82) is 0 Å². The maximum atomic E-state index is 11.5. The van der Waals surface area contributed by atoms with Crippen molar-refractivity contribution in [2.75, 3.05) is 26.2 Å². The summed E-state index contributed by atoms with van der Waals surface area (Å²) in [5.41, 5.74) is 0.366. The fraction of sp³-hybridized carbons (Fsp3) is 0.727. The first-order chi connectivity index (χ1) is 6.76. The van der Waals surface area contributed by atoms with Crippen LogP contribution in [0.3, 0.4) is 0 Å². The van der Waals surface area contributed by atoms with Crippen molar-refractivity contribution in [3.63, 3.8) is 0 Å². The molecule has 76 valence electrons. The van der Waals surface area contributed by atoms with Crippen LogP contribution in [0.1, 0.15) is 19.8 Å².